The zero-order valence-electron chi connectivity index (χ0n) is 18.1. The molecule has 5 rings (SSSR count). The third kappa shape index (κ3) is 2.60. The molecule has 0 amide bonds. The van der Waals surface area contributed by atoms with Crippen molar-refractivity contribution in [3.8, 4) is 0 Å². The number of aryl methyl sites for hydroxylation is 1. The van der Waals surface area contributed by atoms with Crippen LogP contribution in [0.5, 0.6) is 0 Å². The van der Waals surface area contributed by atoms with Crippen LogP contribution < -0.4 is 0 Å². The lowest BCUT2D eigenvalue weighted by Gasteiger charge is -2.56. The van der Waals surface area contributed by atoms with Gasteiger partial charge in [0.15, 0.2) is 11.6 Å². The zero-order chi connectivity index (χ0) is 20.6. The first-order chi connectivity index (χ1) is 13.7. The topological polar surface area (TPSA) is 52.0 Å². The normalized spacial score (nSPS) is 40.5. The standard InChI is InChI=1S/C25H32N2O2/c1-15-17(14-26-27(15)4)11-16-12-22-20-6-5-18-13-19(28)7-9-24(18,2)21(20)8-10-25(22,3)23(16)29/h11,13-14,20-22H,5-10,12H2,1-4H3/b16-11+/t20-,21+,22+,24+,25+/m1/s1. The van der Waals surface area contributed by atoms with E-state index in [1.165, 1.54) is 5.57 Å². The molecule has 1 aromatic rings. The molecule has 154 valence electrons. The van der Waals surface area contributed by atoms with Crippen molar-refractivity contribution >= 4 is 17.6 Å². The average Bonchev–Trinajstić information content (AvgIpc) is 3.14. The molecule has 0 unspecified atom stereocenters. The van der Waals surface area contributed by atoms with Crippen LogP contribution in [0.4, 0.5) is 0 Å². The van der Waals surface area contributed by atoms with Crippen molar-refractivity contribution in [1.82, 2.24) is 9.78 Å². The van der Waals surface area contributed by atoms with Crippen LogP contribution in [0.2, 0.25) is 0 Å². The number of rotatable bonds is 1. The number of nitrogens with zero attached hydrogens (tertiary/aromatic N) is 2. The van der Waals surface area contributed by atoms with Gasteiger partial charge in [-0.25, -0.2) is 0 Å². The van der Waals surface area contributed by atoms with Gasteiger partial charge in [-0.1, -0.05) is 19.4 Å². The van der Waals surface area contributed by atoms with Crippen molar-refractivity contribution in [2.75, 3.05) is 0 Å². The van der Waals surface area contributed by atoms with Gasteiger partial charge in [0.1, 0.15) is 0 Å². The fourth-order valence-electron chi connectivity index (χ4n) is 7.20. The van der Waals surface area contributed by atoms with E-state index in [0.717, 1.165) is 55.4 Å². The Balaban J connectivity index is 1.49. The Labute approximate surface area is 173 Å². The van der Waals surface area contributed by atoms with Crippen LogP contribution >= 0.6 is 0 Å². The number of carbonyl (C=O) groups is 2. The monoisotopic (exact) mass is 392 g/mol. The van der Waals surface area contributed by atoms with Crippen LogP contribution in [0, 0.1) is 35.5 Å². The van der Waals surface area contributed by atoms with Crippen LogP contribution in [0.3, 0.4) is 0 Å². The number of hydrogen-bond donors (Lipinski definition) is 0. The number of aromatic nitrogens is 2. The molecular weight excluding hydrogens is 360 g/mol. The summed E-state index contributed by atoms with van der Waals surface area (Å²) in [5, 5.41) is 4.34. The molecular formula is C25H32N2O2. The molecule has 1 heterocycles. The Morgan fingerprint density at radius 2 is 1.90 bits per heavy atom. The van der Waals surface area contributed by atoms with E-state index in [4.69, 9.17) is 0 Å². The molecule has 0 aliphatic heterocycles. The van der Waals surface area contributed by atoms with Crippen LogP contribution in [0.25, 0.3) is 6.08 Å². The second-order valence-electron chi connectivity index (χ2n) is 10.4. The maximum absolute atomic E-state index is 13.5. The zero-order valence-corrected chi connectivity index (χ0v) is 18.1. The van der Waals surface area contributed by atoms with E-state index in [1.807, 2.05) is 24.0 Å². The highest BCUT2D eigenvalue weighted by Crippen LogP contribution is 2.65. The lowest BCUT2D eigenvalue weighted by atomic mass is 9.47. The highest BCUT2D eigenvalue weighted by atomic mass is 16.1. The molecule has 5 atom stereocenters. The number of ketones is 2. The lowest BCUT2D eigenvalue weighted by molar-refractivity contribution is -0.130. The summed E-state index contributed by atoms with van der Waals surface area (Å²) in [4.78, 5) is 25.5. The number of hydrogen-bond acceptors (Lipinski definition) is 3. The van der Waals surface area contributed by atoms with Crippen molar-refractivity contribution in [2.24, 2.45) is 35.6 Å². The van der Waals surface area contributed by atoms with Gasteiger partial charge in [-0.3, -0.25) is 14.3 Å². The third-order valence-electron chi connectivity index (χ3n) is 9.20. The first-order valence-corrected chi connectivity index (χ1v) is 11.2. The minimum atomic E-state index is -0.217. The predicted molar refractivity (Wildman–Crippen MR) is 113 cm³/mol. The van der Waals surface area contributed by atoms with Gasteiger partial charge in [-0.15, -0.1) is 0 Å². The van der Waals surface area contributed by atoms with E-state index in [0.29, 0.717) is 35.7 Å². The van der Waals surface area contributed by atoms with Gasteiger partial charge in [0.05, 0.1) is 6.20 Å². The Hall–Kier alpha value is -1.97. The molecule has 0 aromatic carbocycles. The molecule has 4 aliphatic rings. The fraction of sp³-hybridized carbons (Fsp3) is 0.640. The van der Waals surface area contributed by atoms with E-state index in [9.17, 15) is 9.59 Å². The maximum atomic E-state index is 13.5. The molecule has 3 fully saturated rings. The van der Waals surface area contributed by atoms with Crippen LogP contribution in [0.1, 0.15) is 70.1 Å². The minimum absolute atomic E-state index is 0.160. The largest absolute Gasteiger partial charge is 0.295 e. The summed E-state index contributed by atoms with van der Waals surface area (Å²) in [6, 6.07) is 0. The Kier molecular flexibility index (Phi) is 4.11. The molecule has 0 spiro atoms. The second kappa shape index (κ2) is 6.26. The van der Waals surface area contributed by atoms with Crippen LogP contribution in [0.15, 0.2) is 23.4 Å². The molecule has 1 aromatic heterocycles. The third-order valence-corrected chi connectivity index (χ3v) is 9.20. The van der Waals surface area contributed by atoms with Gasteiger partial charge in [0.25, 0.3) is 0 Å². The SMILES string of the molecule is Cc1c(/C=C2\C[C@H]3[C@@H]4CCC5=CC(=O)CC[C@]5(C)[C@H]4CC[C@]3(C)C2=O)cnn1C. The van der Waals surface area contributed by atoms with Gasteiger partial charge >= 0.3 is 0 Å². The molecule has 29 heavy (non-hydrogen) atoms. The predicted octanol–water partition coefficient (Wildman–Crippen LogP) is 4.82. The van der Waals surface area contributed by atoms with Gasteiger partial charge in [-0.05, 0) is 86.3 Å². The number of fused-ring (bicyclic) bond motifs is 5. The smallest absolute Gasteiger partial charge is 0.165 e. The summed E-state index contributed by atoms with van der Waals surface area (Å²) in [6.07, 6.45) is 12.8. The van der Waals surface area contributed by atoms with Gasteiger partial charge in [0, 0.05) is 30.1 Å². The second-order valence-corrected chi connectivity index (χ2v) is 10.4. The van der Waals surface area contributed by atoms with E-state index in [-0.39, 0.29) is 10.8 Å². The highest BCUT2D eigenvalue weighted by molar-refractivity contribution is 6.06. The average molecular weight is 393 g/mol. The van der Waals surface area contributed by atoms with Crippen molar-refractivity contribution in [1.29, 1.82) is 0 Å². The first-order valence-electron chi connectivity index (χ1n) is 11.2. The summed E-state index contributed by atoms with van der Waals surface area (Å²) >= 11 is 0. The summed E-state index contributed by atoms with van der Waals surface area (Å²) in [5.74, 6) is 2.32. The quantitative estimate of drug-likeness (QED) is 0.644. The molecule has 0 bridgehead atoms. The van der Waals surface area contributed by atoms with Gasteiger partial charge in [-0.2, -0.15) is 5.10 Å². The summed E-state index contributed by atoms with van der Waals surface area (Å²) in [5.41, 5.74) is 4.51. The van der Waals surface area contributed by atoms with E-state index >= 15 is 0 Å². The number of carbonyl (C=O) groups excluding carboxylic acids is 2. The molecule has 0 saturated heterocycles. The van der Waals surface area contributed by atoms with Crippen molar-refractivity contribution in [3.05, 3.63) is 34.7 Å². The molecule has 3 saturated carbocycles. The molecule has 0 radical (unpaired) electrons. The molecule has 0 N–H and O–H groups in total. The van der Waals surface area contributed by atoms with Crippen molar-refractivity contribution in [2.45, 2.75) is 65.7 Å². The number of Topliss-reactive ketones (excluding diaryl/α,β-unsaturated/α-hetero) is 1. The van der Waals surface area contributed by atoms with E-state index in [2.05, 4.69) is 31.9 Å². The van der Waals surface area contributed by atoms with Gasteiger partial charge in [0.2, 0.25) is 0 Å². The summed E-state index contributed by atoms with van der Waals surface area (Å²) in [6.45, 7) is 6.69. The molecule has 4 aliphatic carbocycles. The van der Waals surface area contributed by atoms with Crippen molar-refractivity contribution in [3.63, 3.8) is 0 Å². The van der Waals surface area contributed by atoms with E-state index < -0.39 is 0 Å². The molecule has 4 nitrogen and oxygen atoms in total. The summed E-state index contributed by atoms with van der Waals surface area (Å²) < 4.78 is 1.87. The van der Waals surface area contributed by atoms with Crippen molar-refractivity contribution < 1.29 is 9.59 Å². The molecule has 4 heteroatoms. The van der Waals surface area contributed by atoms with E-state index in [1.54, 1.807) is 0 Å². The van der Waals surface area contributed by atoms with Crippen LogP contribution in [-0.2, 0) is 16.6 Å². The fourth-order valence-corrected chi connectivity index (χ4v) is 7.20. The first kappa shape index (κ1) is 19.0. The lowest BCUT2D eigenvalue weighted by Crippen LogP contribution is -2.50. The highest BCUT2D eigenvalue weighted by Gasteiger charge is 2.60. The summed E-state index contributed by atoms with van der Waals surface area (Å²) in [7, 11) is 1.95. The Morgan fingerprint density at radius 1 is 1.10 bits per heavy atom. The maximum Gasteiger partial charge on any atom is 0.165 e. The minimum Gasteiger partial charge on any atom is -0.295 e. The Morgan fingerprint density at radius 3 is 2.62 bits per heavy atom. The Bertz CT molecular complexity index is 967. The number of allylic oxidation sites excluding steroid dienone is 2. The van der Waals surface area contributed by atoms with Crippen LogP contribution in [-0.4, -0.2) is 21.3 Å². The van der Waals surface area contributed by atoms with Gasteiger partial charge < -0.3 is 0 Å².